The molecule has 0 aliphatic carbocycles. The lowest BCUT2D eigenvalue weighted by atomic mass is 10.2. The summed E-state index contributed by atoms with van der Waals surface area (Å²) in [4.78, 5) is 12.5. The van der Waals surface area contributed by atoms with E-state index >= 15 is 0 Å². The number of aliphatic hydroxyl groups excluding tert-OH is 1. The second kappa shape index (κ2) is 6.88. The summed E-state index contributed by atoms with van der Waals surface area (Å²) >= 11 is 0. The van der Waals surface area contributed by atoms with E-state index in [1.54, 1.807) is 6.92 Å². The molecule has 0 bridgehead atoms. The van der Waals surface area contributed by atoms with Gasteiger partial charge in [-0.05, 0) is 6.92 Å². The highest BCUT2D eigenvalue weighted by atomic mass is 32.2. The highest BCUT2D eigenvalue weighted by Crippen LogP contribution is 2.35. The molecule has 0 saturated carbocycles. The van der Waals surface area contributed by atoms with Crippen molar-refractivity contribution in [1.82, 2.24) is 23.9 Å². The van der Waals surface area contributed by atoms with Gasteiger partial charge in [0.05, 0.1) is 31.0 Å². The summed E-state index contributed by atoms with van der Waals surface area (Å²) in [5.74, 6) is -0.937. The minimum Gasteiger partial charge on any atom is -0.396 e. The molecular weight excluding hydrogens is 403 g/mol. The Hall–Kier alpha value is -2.41. The predicted octanol–water partition coefficient (Wildman–Crippen LogP) is 0.826. The van der Waals surface area contributed by atoms with Gasteiger partial charge in [-0.1, -0.05) is 6.92 Å². The maximum Gasteiger partial charge on any atom is 0.434 e. The lowest BCUT2D eigenvalue weighted by Crippen LogP contribution is -2.32. The molecule has 0 radical (unpaired) electrons. The molecule has 28 heavy (non-hydrogen) atoms. The highest BCUT2D eigenvalue weighted by Gasteiger charge is 2.43. The Morgan fingerprint density at radius 3 is 2.57 bits per heavy atom. The van der Waals surface area contributed by atoms with E-state index in [0.29, 0.717) is 20.5 Å². The lowest BCUT2D eigenvalue weighted by molar-refractivity contribution is -0.146. The first-order valence-corrected chi connectivity index (χ1v) is 9.80. The van der Waals surface area contributed by atoms with Crippen molar-refractivity contribution in [2.45, 2.75) is 44.6 Å². The van der Waals surface area contributed by atoms with E-state index in [2.05, 4.69) is 10.2 Å². The summed E-state index contributed by atoms with van der Waals surface area (Å²) < 4.78 is 66.6. The summed E-state index contributed by atoms with van der Waals surface area (Å²) in [7, 11) is -4.62. The molecule has 154 valence electrons. The molecule has 1 aliphatic rings. The maximum absolute atomic E-state index is 13.4. The average molecular weight is 421 g/mol. The number of aromatic nitrogens is 4. The van der Waals surface area contributed by atoms with Gasteiger partial charge in [-0.15, -0.1) is 0 Å². The van der Waals surface area contributed by atoms with Crippen molar-refractivity contribution in [3.8, 4) is 0 Å². The van der Waals surface area contributed by atoms with Crippen molar-refractivity contribution in [2.24, 2.45) is 5.92 Å². The number of rotatable bonds is 5. The maximum atomic E-state index is 13.4. The zero-order chi connectivity index (χ0) is 20.9. The molecule has 3 rings (SSSR count). The van der Waals surface area contributed by atoms with Crippen LogP contribution >= 0.6 is 0 Å². The molecule has 0 fully saturated rings. The van der Waals surface area contributed by atoms with Gasteiger partial charge in [-0.25, -0.2) is 0 Å². The Balaban J connectivity index is 1.94. The molecule has 0 saturated heterocycles. The van der Waals surface area contributed by atoms with Gasteiger partial charge < -0.3 is 10.0 Å². The number of nitrogens with zero attached hydrogens (tertiary/aromatic N) is 5. The number of aryl methyl sites for hydroxylation is 1. The zero-order valence-electron chi connectivity index (χ0n) is 15.0. The molecular formula is C15H18F3N5O4S. The van der Waals surface area contributed by atoms with Gasteiger partial charge in [-0.2, -0.15) is 35.9 Å². The number of halogens is 3. The van der Waals surface area contributed by atoms with Crippen LogP contribution in [0.1, 0.15) is 30.8 Å². The molecule has 1 atom stereocenters. The number of amides is 1. The molecule has 1 N–H and O–H groups in total. The standard InChI is InChI=1S/C15H18F3N5O4S/c1-3-22-13(15(16,17)18)12(4-19-22)28(26,27)23-6-10-5-21(7-11(10)20-23)14(25)9(2)8-24/h4,6,9,24H,3,5,7-8H2,1-2H3/t9-/m1/s1. The molecule has 9 nitrogen and oxygen atoms in total. The van der Waals surface area contributed by atoms with E-state index in [-0.39, 0.29) is 37.8 Å². The second-order valence-corrected chi connectivity index (χ2v) is 8.19. The lowest BCUT2D eigenvalue weighted by Gasteiger charge is -2.19. The largest absolute Gasteiger partial charge is 0.434 e. The molecule has 0 spiro atoms. The van der Waals surface area contributed by atoms with Crippen LogP contribution in [0, 0.1) is 5.92 Å². The molecule has 1 amide bonds. The number of fused-ring (bicyclic) bond motifs is 1. The van der Waals surface area contributed by atoms with Crippen molar-refractivity contribution in [3.63, 3.8) is 0 Å². The van der Waals surface area contributed by atoms with Crippen molar-refractivity contribution in [2.75, 3.05) is 6.61 Å². The number of carbonyl (C=O) groups excluding carboxylic acids is 1. The fraction of sp³-hybridized carbons (Fsp3) is 0.533. The van der Waals surface area contributed by atoms with Gasteiger partial charge in [-0.3, -0.25) is 9.48 Å². The van der Waals surface area contributed by atoms with Gasteiger partial charge in [0.15, 0.2) is 5.69 Å². The smallest absolute Gasteiger partial charge is 0.396 e. The van der Waals surface area contributed by atoms with Gasteiger partial charge in [0, 0.05) is 24.8 Å². The normalized spacial score (nSPS) is 15.7. The van der Waals surface area contributed by atoms with E-state index in [1.165, 1.54) is 11.8 Å². The summed E-state index contributed by atoms with van der Waals surface area (Å²) in [6.45, 7) is 2.56. The Labute approximate surface area is 158 Å². The number of hydrogen-bond donors (Lipinski definition) is 1. The first kappa shape index (κ1) is 20.3. The monoisotopic (exact) mass is 421 g/mol. The molecule has 2 aromatic heterocycles. The number of hydrogen-bond acceptors (Lipinski definition) is 6. The van der Waals surface area contributed by atoms with Gasteiger partial charge in [0.1, 0.15) is 4.90 Å². The predicted molar refractivity (Wildman–Crippen MR) is 88.2 cm³/mol. The SMILES string of the molecule is CCn1ncc(S(=O)(=O)n2cc3c(n2)CN(C(=O)[C@H](C)CO)C3)c1C(F)(F)F. The molecule has 2 aromatic rings. The average Bonchev–Trinajstić information content (AvgIpc) is 3.31. The third-order valence-electron chi connectivity index (χ3n) is 4.46. The minimum atomic E-state index is -4.91. The summed E-state index contributed by atoms with van der Waals surface area (Å²) in [5.41, 5.74) is -0.670. The summed E-state index contributed by atoms with van der Waals surface area (Å²) in [5, 5.41) is 16.5. The molecule has 0 unspecified atom stereocenters. The fourth-order valence-corrected chi connectivity index (χ4v) is 4.30. The van der Waals surface area contributed by atoms with Crippen molar-refractivity contribution in [1.29, 1.82) is 0 Å². The van der Waals surface area contributed by atoms with E-state index < -0.39 is 32.7 Å². The third-order valence-corrected chi connectivity index (χ3v) is 6.00. The van der Waals surface area contributed by atoms with Crippen LogP contribution in [0.3, 0.4) is 0 Å². The summed E-state index contributed by atoms with van der Waals surface area (Å²) in [6, 6.07) is 0. The van der Waals surface area contributed by atoms with E-state index in [0.717, 1.165) is 6.20 Å². The van der Waals surface area contributed by atoms with Crippen molar-refractivity contribution < 1.29 is 31.5 Å². The van der Waals surface area contributed by atoms with Crippen LogP contribution in [0.4, 0.5) is 13.2 Å². The summed E-state index contributed by atoms with van der Waals surface area (Å²) in [6.07, 6.45) is -3.15. The Kier molecular flexibility index (Phi) is 5.00. The number of alkyl halides is 3. The van der Waals surface area contributed by atoms with E-state index in [1.807, 2.05) is 0 Å². The molecule has 13 heteroatoms. The minimum absolute atomic E-state index is 0.0153. The topological polar surface area (TPSA) is 110 Å². The Bertz CT molecular complexity index is 988. The van der Waals surface area contributed by atoms with Gasteiger partial charge in [0.25, 0.3) is 10.0 Å². The van der Waals surface area contributed by atoms with Crippen molar-refractivity contribution >= 4 is 15.9 Å². The van der Waals surface area contributed by atoms with Crippen LogP contribution in [0.2, 0.25) is 0 Å². The van der Waals surface area contributed by atoms with E-state index in [9.17, 15) is 26.4 Å². The zero-order valence-corrected chi connectivity index (χ0v) is 15.8. The number of aliphatic hydroxyl groups is 1. The van der Waals surface area contributed by atoms with Gasteiger partial charge >= 0.3 is 6.18 Å². The molecule has 0 aromatic carbocycles. The van der Waals surface area contributed by atoms with Crippen LogP contribution in [-0.4, -0.2) is 49.9 Å². The van der Waals surface area contributed by atoms with Crippen LogP contribution in [0.25, 0.3) is 0 Å². The van der Waals surface area contributed by atoms with Crippen LogP contribution < -0.4 is 0 Å². The third kappa shape index (κ3) is 3.28. The Morgan fingerprint density at radius 2 is 2.04 bits per heavy atom. The first-order valence-electron chi connectivity index (χ1n) is 8.36. The first-order chi connectivity index (χ1) is 13.0. The van der Waals surface area contributed by atoms with E-state index in [4.69, 9.17) is 5.11 Å². The van der Waals surface area contributed by atoms with Crippen LogP contribution in [0.15, 0.2) is 17.3 Å². The fourth-order valence-electron chi connectivity index (χ4n) is 2.98. The molecule has 3 heterocycles. The Morgan fingerprint density at radius 1 is 1.36 bits per heavy atom. The quantitative estimate of drug-likeness (QED) is 0.766. The molecule has 1 aliphatic heterocycles. The van der Waals surface area contributed by atoms with Crippen LogP contribution in [-0.2, 0) is 40.6 Å². The highest BCUT2D eigenvalue weighted by molar-refractivity contribution is 7.89. The van der Waals surface area contributed by atoms with Crippen molar-refractivity contribution in [3.05, 3.63) is 29.3 Å². The van der Waals surface area contributed by atoms with Gasteiger partial charge in [0.2, 0.25) is 5.91 Å². The number of carbonyl (C=O) groups is 1. The second-order valence-electron chi connectivity index (χ2n) is 6.43. The van der Waals surface area contributed by atoms with Crippen LogP contribution in [0.5, 0.6) is 0 Å².